The summed E-state index contributed by atoms with van der Waals surface area (Å²) in [5, 5.41) is 5.21. The van der Waals surface area contributed by atoms with Gasteiger partial charge < -0.3 is 15.4 Å². The highest BCUT2D eigenvalue weighted by atomic mass is 16.5. The molecule has 1 aromatic rings. The van der Waals surface area contributed by atoms with E-state index in [1.807, 2.05) is 24.3 Å². The van der Waals surface area contributed by atoms with E-state index in [-0.39, 0.29) is 5.91 Å². The van der Waals surface area contributed by atoms with E-state index in [0.29, 0.717) is 18.5 Å². The average Bonchev–Trinajstić information content (AvgIpc) is 2.94. The Labute approximate surface area is 129 Å². The number of rotatable bonds is 5. The third-order valence-electron chi connectivity index (χ3n) is 3.57. The lowest BCUT2D eigenvalue weighted by molar-refractivity contribution is -0.155. The molecular formula is C16H20N2O4. The molecule has 0 radical (unpaired) electrons. The second-order valence-corrected chi connectivity index (χ2v) is 5.28. The van der Waals surface area contributed by atoms with Crippen LogP contribution in [0.4, 0.5) is 5.69 Å². The van der Waals surface area contributed by atoms with Gasteiger partial charge in [-0.05, 0) is 37.5 Å². The number of carbonyl (C=O) groups is 3. The van der Waals surface area contributed by atoms with Crippen molar-refractivity contribution < 1.29 is 19.1 Å². The van der Waals surface area contributed by atoms with Crippen LogP contribution in [0.3, 0.4) is 0 Å². The molecule has 1 fully saturated rings. The molecule has 6 nitrogen and oxygen atoms in total. The Balaban J connectivity index is 1.85. The van der Waals surface area contributed by atoms with Crippen molar-refractivity contribution in [1.29, 1.82) is 0 Å². The van der Waals surface area contributed by atoms with E-state index in [1.165, 1.54) is 12.5 Å². The minimum atomic E-state index is -0.921. The number of nitrogens with one attached hydrogen (secondary N) is 2. The monoisotopic (exact) mass is 304 g/mol. The Morgan fingerprint density at radius 2 is 2.05 bits per heavy atom. The predicted octanol–water partition coefficient (Wildman–Crippen LogP) is 1.40. The van der Waals surface area contributed by atoms with Crippen LogP contribution in [0.25, 0.3) is 0 Å². The summed E-state index contributed by atoms with van der Waals surface area (Å²) in [6.45, 7) is 3.56. The van der Waals surface area contributed by atoms with Crippen molar-refractivity contribution in [2.45, 2.75) is 45.3 Å². The van der Waals surface area contributed by atoms with E-state index in [9.17, 15) is 14.4 Å². The molecule has 118 valence electrons. The molecule has 1 aliphatic rings. The van der Waals surface area contributed by atoms with Crippen molar-refractivity contribution in [2.24, 2.45) is 0 Å². The maximum atomic E-state index is 12.0. The van der Waals surface area contributed by atoms with Crippen molar-refractivity contribution in [2.75, 3.05) is 5.32 Å². The fourth-order valence-corrected chi connectivity index (χ4v) is 2.17. The minimum absolute atomic E-state index is 0.171. The van der Waals surface area contributed by atoms with Gasteiger partial charge in [0.1, 0.15) is 6.04 Å². The zero-order valence-corrected chi connectivity index (χ0v) is 12.7. The predicted molar refractivity (Wildman–Crippen MR) is 81.2 cm³/mol. The minimum Gasteiger partial charge on any atom is -0.451 e. The van der Waals surface area contributed by atoms with Crippen molar-refractivity contribution in [3.63, 3.8) is 0 Å². The summed E-state index contributed by atoms with van der Waals surface area (Å²) >= 11 is 0. The Morgan fingerprint density at radius 3 is 2.59 bits per heavy atom. The second kappa shape index (κ2) is 7.06. The first-order chi connectivity index (χ1) is 10.5. The van der Waals surface area contributed by atoms with Crippen LogP contribution >= 0.6 is 0 Å². The molecule has 0 aromatic heterocycles. The molecule has 0 spiro atoms. The van der Waals surface area contributed by atoms with Gasteiger partial charge in [0.25, 0.3) is 5.91 Å². The van der Waals surface area contributed by atoms with E-state index >= 15 is 0 Å². The average molecular weight is 304 g/mol. The van der Waals surface area contributed by atoms with E-state index in [4.69, 9.17) is 4.74 Å². The topological polar surface area (TPSA) is 84.5 Å². The molecule has 2 N–H and O–H groups in total. The molecule has 6 heteroatoms. The summed E-state index contributed by atoms with van der Waals surface area (Å²) in [4.78, 5) is 34.9. The van der Waals surface area contributed by atoms with E-state index < -0.39 is 24.0 Å². The maximum Gasteiger partial charge on any atom is 0.329 e. The smallest absolute Gasteiger partial charge is 0.329 e. The van der Waals surface area contributed by atoms with Crippen molar-refractivity contribution in [3.8, 4) is 0 Å². The van der Waals surface area contributed by atoms with Gasteiger partial charge in [0.2, 0.25) is 5.91 Å². The SMILES string of the molecule is CCc1ccc(NC(=O)[C@@H](C)OC(=O)[C@@H]2CCC(=O)N2)cc1. The second-order valence-electron chi connectivity index (χ2n) is 5.28. The highest BCUT2D eigenvalue weighted by Gasteiger charge is 2.30. The highest BCUT2D eigenvalue weighted by Crippen LogP contribution is 2.12. The molecule has 2 atom stereocenters. The fourth-order valence-electron chi connectivity index (χ4n) is 2.17. The third kappa shape index (κ3) is 4.07. The molecular weight excluding hydrogens is 284 g/mol. The number of anilines is 1. The summed E-state index contributed by atoms with van der Waals surface area (Å²) in [7, 11) is 0. The van der Waals surface area contributed by atoms with Crippen LogP contribution < -0.4 is 10.6 Å². The fraction of sp³-hybridized carbons (Fsp3) is 0.438. The van der Waals surface area contributed by atoms with Crippen molar-refractivity contribution in [1.82, 2.24) is 5.32 Å². The number of esters is 1. The van der Waals surface area contributed by atoms with Crippen LogP contribution in [0.1, 0.15) is 32.3 Å². The Morgan fingerprint density at radius 1 is 1.36 bits per heavy atom. The largest absolute Gasteiger partial charge is 0.451 e. The van der Waals surface area contributed by atoms with Gasteiger partial charge in [0.15, 0.2) is 6.10 Å². The van der Waals surface area contributed by atoms with Crippen LogP contribution in [0.15, 0.2) is 24.3 Å². The van der Waals surface area contributed by atoms with Gasteiger partial charge >= 0.3 is 5.97 Å². The molecule has 0 saturated carbocycles. The molecule has 1 aliphatic heterocycles. The number of hydrogen-bond donors (Lipinski definition) is 2. The first-order valence-corrected chi connectivity index (χ1v) is 7.39. The molecule has 0 aliphatic carbocycles. The van der Waals surface area contributed by atoms with Gasteiger partial charge in [-0.15, -0.1) is 0 Å². The van der Waals surface area contributed by atoms with Crippen LogP contribution in [-0.2, 0) is 25.5 Å². The quantitative estimate of drug-likeness (QED) is 0.805. The number of aryl methyl sites for hydroxylation is 1. The Kier molecular flexibility index (Phi) is 5.14. The Bertz CT molecular complexity index is 568. The molecule has 2 amide bonds. The van der Waals surface area contributed by atoms with Gasteiger partial charge in [-0.2, -0.15) is 0 Å². The number of amides is 2. The third-order valence-corrected chi connectivity index (χ3v) is 3.57. The van der Waals surface area contributed by atoms with E-state index in [0.717, 1.165) is 6.42 Å². The van der Waals surface area contributed by atoms with Crippen LogP contribution in [-0.4, -0.2) is 29.9 Å². The first kappa shape index (κ1) is 16.0. The lowest BCUT2D eigenvalue weighted by Crippen LogP contribution is -2.39. The van der Waals surface area contributed by atoms with Crippen LogP contribution in [0.2, 0.25) is 0 Å². The first-order valence-electron chi connectivity index (χ1n) is 7.39. The Hall–Kier alpha value is -2.37. The zero-order valence-electron chi connectivity index (χ0n) is 12.7. The normalized spacial score (nSPS) is 18.5. The molecule has 2 rings (SSSR count). The van der Waals surface area contributed by atoms with Gasteiger partial charge in [0, 0.05) is 12.1 Å². The van der Waals surface area contributed by atoms with Gasteiger partial charge in [0.05, 0.1) is 0 Å². The van der Waals surface area contributed by atoms with Crippen molar-refractivity contribution >= 4 is 23.5 Å². The van der Waals surface area contributed by atoms with Crippen LogP contribution in [0.5, 0.6) is 0 Å². The number of benzene rings is 1. The standard InChI is InChI=1S/C16H20N2O4/c1-3-11-4-6-12(7-5-11)17-15(20)10(2)22-16(21)13-8-9-14(19)18-13/h4-7,10,13H,3,8-9H2,1-2H3,(H,17,20)(H,18,19)/t10-,13+/m1/s1. The number of hydrogen-bond acceptors (Lipinski definition) is 4. The summed E-state index contributed by atoms with van der Waals surface area (Å²) in [6, 6.07) is 6.83. The highest BCUT2D eigenvalue weighted by molar-refractivity contribution is 5.96. The van der Waals surface area contributed by atoms with E-state index in [1.54, 1.807) is 0 Å². The molecule has 1 heterocycles. The van der Waals surface area contributed by atoms with Gasteiger partial charge in [-0.1, -0.05) is 19.1 Å². The number of carbonyl (C=O) groups excluding carboxylic acids is 3. The van der Waals surface area contributed by atoms with E-state index in [2.05, 4.69) is 17.6 Å². The molecule has 1 aromatic carbocycles. The summed E-state index contributed by atoms with van der Waals surface area (Å²) < 4.78 is 5.10. The van der Waals surface area contributed by atoms with Crippen molar-refractivity contribution in [3.05, 3.63) is 29.8 Å². The lowest BCUT2D eigenvalue weighted by atomic mass is 10.1. The van der Waals surface area contributed by atoms with Gasteiger partial charge in [-0.3, -0.25) is 9.59 Å². The zero-order chi connectivity index (χ0) is 16.1. The number of ether oxygens (including phenoxy) is 1. The molecule has 22 heavy (non-hydrogen) atoms. The van der Waals surface area contributed by atoms with Gasteiger partial charge in [-0.25, -0.2) is 4.79 Å². The summed E-state index contributed by atoms with van der Waals surface area (Å²) in [6.07, 6.45) is 0.722. The van der Waals surface area contributed by atoms with Crippen LogP contribution in [0, 0.1) is 0 Å². The molecule has 1 saturated heterocycles. The molecule has 0 bridgehead atoms. The summed E-state index contributed by atoms with van der Waals surface area (Å²) in [5.74, 6) is -1.15. The maximum absolute atomic E-state index is 12.0. The summed E-state index contributed by atoms with van der Waals surface area (Å²) in [5.41, 5.74) is 1.83. The molecule has 0 unspecified atom stereocenters. The lowest BCUT2D eigenvalue weighted by Gasteiger charge is -2.16.